The molecule has 0 aliphatic carbocycles. The number of hydrazine groups is 1. The van der Waals surface area contributed by atoms with Gasteiger partial charge in [0.05, 0.1) is 12.6 Å². The van der Waals surface area contributed by atoms with Crippen LogP contribution in [0, 0.1) is 5.92 Å². The van der Waals surface area contributed by atoms with E-state index < -0.39 is 0 Å². The van der Waals surface area contributed by atoms with E-state index in [4.69, 9.17) is 5.84 Å². The second-order valence-corrected chi connectivity index (χ2v) is 4.62. The topological polar surface area (TPSA) is 69.8 Å². The molecule has 2 rings (SSSR count). The van der Waals surface area contributed by atoms with E-state index in [-0.39, 0.29) is 17.8 Å². The molecular formula is C10H19N3O2. The van der Waals surface area contributed by atoms with Gasteiger partial charge in [-0.1, -0.05) is 0 Å². The Bertz CT molecular complexity index is 247. The van der Waals surface area contributed by atoms with Gasteiger partial charge >= 0.3 is 0 Å². The van der Waals surface area contributed by atoms with Crippen molar-refractivity contribution in [1.82, 2.24) is 9.91 Å². The summed E-state index contributed by atoms with van der Waals surface area (Å²) in [6.45, 7) is 3.47. The first-order valence-corrected chi connectivity index (χ1v) is 5.58. The van der Waals surface area contributed by atoms with Crippen molar-refractivity contribution in [2.45, 2.75) is 18.9 Å². The fraction of sp³-hybridized carbons (Fsp3) is 0.900. The molecule has 3 N–H and O–H groups in total. The van der Waals surface area contributed by atoms with Crippen LogP contribution in [0.25, 0.3) is 0 Å². The third-order valence-corrected chi connectivity index (χ3v) is 3.30. The lowest BCUT2D eigenvalue weighted by atomic mass is 10.0. The van der Waals surface area contributed by atoms with Gasteiger partial charge < -0.3 is 5.11 Å². The van der Waals surface area contributed by atoms with Crippen molar-refractivity contribution in [3.8, 4) is 0 Å². The average molecular weight is 213 g/mol. The third kappa shape index (κ3) is 2.75. The fourth-order valence-corrected chi connectivity index (χ4v) is 2.36. The molecule has 2 saturated heterocycles. The highest BCUT2D eigenvalue weighted by Gasteiger charge is 2.29. The highest BCUT2D eigenvalue weighted by atomic mass is 16.3. The van der Waals surface area contributed by atoms with Gasteiger partial charge in [-0.15, -0.1) is 0 Å². The van der Waals surface area contributed by atoms with Crippen molar-refractivity contribution in [3.63, 3.8) is 0 Å². The zero-order chi connectivity index (χ0) is 10.8. The van der Waals surface area contributed by atoms with Crippen molar-refractivity contribution in [2.24, 2.45) is 11.8 Å². The summed E-state index contributed by atoms with van der Waals surface area (Å²) in [6, 6.07) is 0. The number of β-amino-alcohol motifs (C(OH)–C–C–N with tert-alkyl or cyclic N) is 1. The number of nitrogens with zero attached hydrogens (tertiary/aromatic N) is 2. The molecule has 0 spiro atoms. The summed E-state index contributed by atoms with van der Waals surface area (Å²) >= 11 is 0. The second kappa shape index (κ2) is 4.57. The minimum Gasteiger partial charge on any atom is -0.392 e. The number of aliphatic hydroxyl groups excluding tert-OH is 1. The lowest BCUT2D eigenvalue weighted by molar-refractivity contribution is -0.123. The number of aliphatic hydroxyl groups is 1. The molecule has 2 heterocycles. The Balaban J connectivity index is 1.77. The Morgan fingerprint density at radius 3 is 2.67 bits per heavy atom. The first-order chi connectivity index (χ1) is 7.15. The number of rotatable bonds is 3. The largest absolute Gasteiger partial charge is 0.392 e. The monoisotopic (exact) mass is 213 g/mol. The Labute approximate surface area is 89.8 Å². The zero-order valence-electron chi connectivity index (χ0n) is 8.93. The zero-order valence-corrected chi connectivity index (χ0v) is 8.93. The quantitative estimate of drug-likeness (QED) is 0.577. The lowest BCUT2D eigenvalue weighted by Gasteiger charge is -2.16. The summed E-state index contributed by atoms with van der Waals surface area (Å²) in [6.07, 6.45) is 1.43. The first-order valence-electron chi connectivity index (χ1n) is 5.58. The van der Waals surface area contributed by atoms with E-state index in [1.165, 1.54) is 0 Å². The molecule has 2 aliphatic rings. The van der Waals surface area contributed by atoms with Crippen molar-refractivity contribution >= 4 is 5.78 Å². The smallest absolute Gasteiger partial charge is 0.151 e. The van der Waals surface area contributed by atoms with Gasteiger partial charge in [0.25, 0.3) is 0 Å². The Hall–Kier alpha value is -0.490. The average Bonchev–Trinajstić information content (AvgIpc) is 2.75. The molecule has 86 valence electrons. The molecule has 0 aromatic rings. The summed E-state index contributed by atoms with van der Waals surface area (Å²) in [5.74, 6) is 6.00. The summed E-state index contributed by atoms with van der Waals surface area (Å²) in [7, 11) is 0. The molecular weight excluding hydrogens is 194 g/mol. The molecule has 0 bridgehead atoms. The van der Waals surface area contributed by atoms with Crippen molar-refractivity contribution in [3.05, 3.63) is 0 Å². The van der Waals surface area contributed by atoms with Gasteiger partial charge in [-0.05, 0) is 12.8 Å². The predicted octanol–water partition coefficient (Wildman–Crippen LogP) is -1.18. The summed E-state index contributed by atoms with van der Waals surface area (Å²) in [4.78, 5) is 13.9. The van der Waals surface area contributed by atoms with Crippen molar-refractivity contribution in [2.75, 3.05) is 32.7 Å². The highest BCUT2D eigenvalue weighted by molar-refractivity contribution is 5.83. The van der Waals surface area contributed by atoms with Crippen LogP contribution >= 0.6 is 0 Å². The van der Waals surface area contributed by atoms with Crippen LogP contribution in [0.2, 0.25) is 0 Å². The summed E-state index contributed by atoms with van der Waals surface area (Å²) in [5, 5.41) is 11.0. The Kier molecular flexibility index (Phi) is 3.35. The third-order valence-electron chi connectivity index (χ3n) is 3.30. The van der Waals surface area contributed by atoms with Crippen LogP contribution in [0.5, 0.6) is 0 Å². The number of carbonyl (C=O) groups is 1. The highest BCUT2D eigenvalue weighted by Crippen LogP contribution is 2.16. The van der Waals surface area contributed by atoms with E-state index in [2.05, 4.69) is 0 Å². The van der Waals surface area contributed by atoms with E-state index in [0.717, 1.165) is 25.9 Å². The molecule has 0 radical (unpaired) electrons. The second-order valence-electron chi connectivity index (χ2n) is 4.62. The normalized spacial score (nSPS) is 33.7. The molecule has 0 amide bonds. The number of ketones is 1. The molecule has 2 fully saturated rings. The van der Waals surface area contributed by atoms with Crippen LogP contribution in [0.4, 0.5) is 0 Å². The molecule has 2 unspecified atom stereocenters. The van der Waals surface area contributed by atoms with Crippen LogP contribution in [-0.4, -0.2) is 59.6 Å². The van der Waals surface area contributed by atoms with E-state index in [1.54, 1.807) is 5.01 Å². The maximum atomic E-state index is 11.8. The molecule has 2 atom stereocenters. The summed E-state index contributed by atoms with van der Waals surface area (Å²) in [5.41, 5.74) is 0. The fourth-order valence-electron chi connectivity index (χ4n) is 2.36. The number of hydrogen-bond acceptors (Lipinski definition) is 5. The van der Waals surface area contributed by atoms with Gasteiger partial charge in [-0.25, -0.2) is 5.01 Å². The van der Waals surface area contributed by atoms with Gasteiger partial charge in [0.1, 0.15) is 0 Å². The van der Waals surface area contributed by atoms with E-state index >= 15 is 0 Å². The Morgan fingerprint density at radius 1 is 1.33 bits per heavy atom. The molecule has 5 heteroatoms. The Morgan fingerprint density at radius 2 is 2.13 bits per heavy atom. The van der Waals surface area contributed by atoms with Crippen LogP contribution in [0.3, 0.4) is 0 Å². The van der Waals surface area contributed by atoms with Crippen LogP contribution in [-0.2, 0) is 4.79 Å². The van der Waals surface area contributed by atoms with Gasteiger partial charge in [0.2, 0.25) is 0 Å². The number of nitrogens with two attached hydrogens (primary N) is 1. The van der Waals surface area contributed by atoms with Gasteiger partial charge in [0, 0.05) is 32.1 Å². The molecule has 15 heavy (non-hydrogen) atoms. The van der Waals surface area contributed by atoms with Crippen LogP contribution in [0.15, 0.2) is 0 Å². The molecule has 0 aromatic heterocycles. The van der Waals surface area contributed by atoms with Crippen molar-refractivity contribution in [1.29, 1.82) is 0 Å². The molecule has 0 aromatic carbocycles. The minimum absolute atomic E-state index is 0.104. The maximum Gasteiger partial charge on any atom is 0.151 e. The maximum absolute atomic E-state index is 11.8. The first kappa shape index (κ1) is 11.0. The number of Topliss-reactive ketones (excluding diaryl/α,β-unsaturated/α-hetero) is 1. The van der Waals surface area contributed by atoms with Crippen LogP contribution < -0.4 is 5.84 Å². The lowest BCUT2D eigenvalue weighted by Crippen LogP contribution is -2.34. The minimum atomic E-state index is -0.243. The standard InChI is InChI=1S/C10H19N3O2/c11-13-4-1-8(5-13)10(15)7-12-3-2-9(14)6-12/h8-9,14H,1-7,11H2. The van der Waals surface area contributed by atoms with Crippen LogP contribution in [0.1, 0.15) is 12.8 Å². The SMILES string of the molecule is NN1CCC(C(=O)CN2CCC(O)C2)C1. The number of carbonyl (C=O) groups excluding carboxylic acids is 1. The molecule has 0 saturated carbocycles. The van der Waals surface area contributed by atoms with E-state index in [0.29, 0.717) is 19.6 Å². The van der Waals surface area contributed by atoms with Gasteiger partial charge in [-0.2, -0.15) is 0 Å². The predicted molar refractivity (Wildman–Crippen MR) is 55.9 cm³/mol. The van der Waals surface area contributed by atoms with E-state index in [1.807, 2.05) is 4.90 Å². The number of likely N-dealkylation sites (tertiary alicyclic amines) is 1. The van der Waals surface area contributed by atoms with Crippen molar-refractivity contribution < 1.29 is 9.90 Å². The molecule has 5 nitrogen and oxygen atoms in total. The summed E-state index contributed by atoms with van der Waals surface area (Å²) < 4.78 is 0. The van der Waals surface area contributed by atoms with E-state index in [9.17, 15) is 9.90 Å². The molecule has 2 aliphatic heterocycles. The van der Waals surface area contributed by atoms with Gasteiger partial charge in [-0.3, -0.25) is 15.5 Å². The number of hydrogen-bond donors (Lipinski definition) is 2. The van der Waals surface area contributed by atoms with Gasteiger partial charge in [0.15, 0.2) is 5.78 Å².